The second kappa shape index (κ2) is 5.61. The molecule has 0 spiro atoms. The van der Waals surface area contributed by atoms with Gasteiger partial charge in [-0.3, -0.25) is 9.59 Å². The summed E-state index contributed by atoms with van der Waals surface area (Å²) in [7, 11) is 0. The molecule has 1 aromatic heterocycles. The number of aromatic amines is 1. The molecule has 1 atom stereocenters. The number of rotatable bonds is 3. The number of hydrogen-bond donors (Lipinski definition) is 2. The molecule has 1 unspecified atom stereocenters. The third-order valence-electron chi connectivity index (χ3n) is 3.03. The second-order valence-electron chi connectivity index (χ2n) is 4.44. The molecule has 2 heterocycles. The van der Waals surface area contributed by atoms with Crippen molar-refractivity contribution in [1.29, 1.82) is 0 Å². The zero-order valence-electron chi connectivity index (χ0n) is 10.3. The number of amides is 2. The fraction of sp³-hybridized carbons (Fsp3) is 0.636. The van der Waals surface area contributed by atoms with Gasteiger partial charge < -0.3 is 10.2 Å². The molecule has 0 radical (unpaired) electrons. The number of carbonyl (C=O) groups is 2. The zero-order valence-corrected chi connectivity index (χ0v) is 10.3. The molecule has 7 nitrogen and oxygen atoms in total. The van der Waals surface area contributed by atoms with Crippen LogP contribution in [0.2, 0.25) is 0 Å². The van der Waals surface area contributed by atoms with E-state index >= 15 is 0 Å². The third-order valence-corrected chi connectivity index (χ3v) is 3.03. The summed E-state index contributed by atoms with van der Waals surface area (Å²) in [5, 5.41) is 12.2. The molecule has 1 aliphatic rings. The van der Waals surface area contributed by atoms with Gasteiger partial charge in [0.1, 0.15) is 6.04 Å². The number of nitrogens with zero attached hydrogens (tertiary/aromatic N) is 3. The minimum absolute atomic E-state index is 0.0356. The van der Waals surface area contributed by atoms with E-state index in [1.54, 1.807) is 11.8 Å². The lowest BCUT2D eigenvalue weighted by atomic mass is 10.1. The topological polar surface area (TPSA) is 91.0 Å². The van der Waals surface area contributed by atoms with Crippen molar-refractivity contribution in [1.82, 2.24) is 25.6 Å². The lowest BCUT2D eigenvalue weighted by molar-refractivity contribution is -0.133. The van der Waals surface area contributed by atoms with Crippen LogP contribution in [-0.2, 0) is 4.79 Å². The number of H-pyrrole nitrogens is 1. The Morgan fingerprint density at radius 1 is 1.39 bits per heavy atom. The van der Waals surface area contributed by atoms with Crippen molar-refractivity contribution in [2.45, 2.75) is 32.2 Å². The summed E-state index contributed by atoms with van der Waals surface area (Å²) in [6.07, 6.45) is 4.57. The molecular weight excluding hydrogens is 234 g/mol. The zero-order chi connectivity index (χ0) is 13.0. The van der Waals surface area contributed by atoms with Crippen LogP contribution in [0.5, 0.6) is 0 Å². The fourth-order valence-electron chi connectivity index (χ4n) is 2.03. The van der Waals surface area contributed by atoms with Crippen LogP contribution < -0.4 is 5.32 Å². The standard InChI is InChI=1S/C11H17N5O2/c1-8(11(18)16-5-3-2-4-6-16)13-10(17)9-7-12-15-14-9/h7-8H,2-6H2,1H3,(H,13,17)(H,12,14,15). The number of nitrogens with one attached hydrogen (secondary N) is 2. The highest BCUT2D eigenvalue weighted by atomic mass is 16.2. The van der Waals surface area contributed by atoms with Gasteiger partial charge in [-0.15, -0.1) is 0 Å². The van der Waals surface area contributed by atoms with E-state index in [9.17, 15) is 9.59 Å². The lowest BCUT2D eigenvalue weighted by Crippen LogP contribution is -2.48. The molecule has 1 aromatic rings. The van der Waals surface area contributed by atoms with E-state index in [4.69, 9.17) is 0 Å². The Morgan fingerprint density at radius 2 is 2.11 bits per heavy atom. The molecule has 18 heavy (non-hydrogen) atoms. The van der Waals surface area contributed by atoms with Crippen LogP contribution in [0.25, 0.3) is 0 Å². The monoisotopic (exact) mass is 251 g/mol. The van der Waals surface area contributed by atoms with Gasteiger partial charge in [0, 0.05) is 13.1 Å². The van der Waals surface area contributed by atoms with Crippen LogP contribution in [0.3, 0.4) is 0 Å². The average Bonchev–Trinajstić information content (AvgIpc) is 2.92. The van der Waals surface area contributed by atoms with Crippen molar-refractivity contribution in [2.24, 2.45) is 0 Å². The van der Waals surface area contributed by atoms with Gasteiger partial charge in [-0.1, -0.05) is 0 Å². The van der Waals surface area contributed by atoms with Gasteiger partial charge in [0.2, 0.25) is 5.91 Å². The third kappa shape index (κ3) is 2.85. The number of likely N-dealkylation sites (tertiary alicyclic amines) is 1. The van der Waals surface area contributed by atoms with Crippen LogP contribution in [-0.4, -0.2) is 51.3 Å². The Labute approximate surface area is 105 Å². The SMILES string of the molecule is CC(NC(=O)c1cn[nH]n1)C(=O)N1CCCCC1. The maximum Gasteiger partial charge on any atom is 0.274 e. The van der Waals surface area contributed by atoms with E-state index in [-0.39, 0.29) is 17.5 Å². The molecule has 1 saturated heterocycles. The summed E-state index contributed by atoms with van der Waals surface area (Å²) in [4.78, 5) is 25.6. The van der Waals surface area contributed by atoms with E-state index < -0.39 is 6.04 Å². The van der Waals surface area contributed by atoms with E-state index in [2.05, 4.69) is 20.7 Å². The Bertz CT molecular complexity index is 411. The largest absolute Gasteiger partial charge is 0.341 e. The first-order valence-electron chi connectivity index (χ1n) is 6.14. The molecule has 2 rings (SSSR count). The molecule has 1 fully saturated rings. The number of carbonyl (C=O) groups excluding carboxylic acids is 2. The number of aromatic nitrogens is 3. The molecule has 98 valence electrons. The Morgan fingerprint density at radius 3 is 2.72 bits per heavy atom. The van der Waals surface area contributed by atoms with Gasteiger partial charge in [-0.05, 0) is 26.2 Å². The summed E-state index contributed by atoms with van der Waals surface area (Å²) in [5.41, 5.74) is 0.188. The predicted molar refractivity (Wildman–Crippen MR) is 63.7 cm³/mol. The molecule has 2 amide bonds. The van der Waals surface area contributed by atoms with E-state index in [1.807, 2.05) is 0 Å². The quantitative estimate of drug-likeness (QED) is 0.787. The summed E-state index contributed by atoms with van der Waals surface area (Å²) < 4.78 is 0. The van der Waals surface area contributed by atoms with Crippen molar-refractivity contribution in [3.8, 4) is 0 Å². The minimum atomic E-state index is -0.535. The first-order valence-corrected chi connectivity index (χ1v) is 6.14. The minimum Gasteiger partial charge on any atom is -0.341 e. The predicted octanol–water partition coefficient (Wildman–Crippen LogP) is -0.0645. The second-order valence-corrected chi connectivity index (χ2v) is 4.44. The highest BCUT2D eigenvalue weighted by Crippen LogP contribution is 2.10. The lowest BCUT2D eigenvalue weighted by Gasteiger charge is -2.29. The summed E-state index contributed by atoms with van der Waals surface area (Å²) in [6.45, 7) is 3.25. The van der Waals surface area contributed by atoms with Gasteiger partial charge >= 0.3 is 0 Å². The molecular formula is C11H17N5O2. The summed E-state index contributed by atoms with van der Waals surface area (Å²) >= 11 is 0. The van der Waals surface area contributed by atoms with Gasteiger partial charge in [-0.25, -0.2) is 0 Å². The number of hydrogen-bond acceptors (Lipinski definition) is 4. The van der Waals surface area contributed by atoms with Gasteiger partial charge in [-0.2, -0.15) is 15.4 Å². The molecule has 0 saturated carbocycles. The summed E-state index contributed by atoms with van der Waals surface area (Å²) in [6, 6.07) is -0.535. The van der Waals surface area contributed by atoms with Crippen molar-refractivity contribution in [3.05, 3.63) is 11.9 Å². The van der Waals surface area contributed by atoms with Crippen LogP contribution in [0.15, 0.2) is 6.20 Å². The first kappa shape index (κ1) is 12.5. The fourth-order valence-corrected chi connectivity index (χ4v) is 2.03. The molecule has 0 bridgehead atoms. The highest BCUT2D eigenvalue weighted by Gasteiger charge is 2.24. The summed E-state index contributed by atoms with van der Waals surface area (Å²) in [5.74, 6) is -0.423. The smallest absolute Gasteiger partial charge is 0.274 e. The van der Waals surface area contributed by atoms with Gasteiger partial charge in [0.05, 0.1) is 6.20 Å². The number of piperidine rings is 1. The maximum absolute atomic E-state index is 12.1. The van der Waals surface area contributed by atoms with E-state index in [0.717, 1.165) is 25.9 Å². The van der Waals surface area contributed by atoms with Crippen molar-refractivity contribution < 1.29 is 9.59 Å². The van der Waals surface area contributed by atoms with Crippen molar-refractivity contribution >= 4 is 11.8 Å². The maximum atomic E-state index is 12.1. The van der Waals surface area contributed by atoms with Crippen molar-refractivity contribution in [3.63, 3.8) is 0 Å². The van der Waals surface area contributed by atoms with Crippen LogP contribution in [0.1, 0.15) is 36.7 Å². The Kier molecular flexibility index (Phi) is 3.91. The Hall–Kier alpha value is -1.92. The van der Waals surface area contributed by atoms with E-state index in [1.165, 1.54) is 12.6 Å². The van der Waals surface area contributed by atoms with Gasteiger partial charge in [0.25, 0.3) is 5.91 Å². The van der Waals surface area contributed by atoms with Crippen LogP contribution in [0.4, 0.5) is 0 Å². The molecule has 0 aliphatic carbocycles. The molecule has 0 aromatic carbocycles. The van der Waals surface area contributed by atoms with Crippen LogP contribution in [0, 0.1) is 0 Å². The molecule has 7 heteroatoms. The van der Waals surface area contributed by atoms with E-state index in [0.29, 0.717) is 0 Å². The van der Waals surface area contributed by atoms with Crippen LogP contribution >= 0.6 is 0 Å². The molecule has 2 N–H and O–H groups in total. The van der Waals surface area contributed by atoms with Gasteiger partial charge in [0.15, 0.2) is 5.69 Å². The highest BCUT2D eigenvalue weighted by molar-refractivity contribution is 5.95. The Balaban J connectivity index is 1.88. The molecule has 1 aliphatic heterocycles. The average molecular weight is 251 g/mol. The first-order chi connectivity index (χ1) is 8.68. The normalized spacial score (nSPS) is 17.3. The van der Waals surface area contributed by atoms with Crippen molar-refractivity contribution in [2.75, 3.05) is 13.1 Å².